The van der Waals surface area contributed by atoms with Crippen LogP contribution in [0.25, 0.3) is 0 Å². The van der Waals surface area contributed by atoms with Crippen molar-refractivity contribution in [3.05, 3.63) is 0 Å². The second-order valence-electron chi connectivity index (χ2n) is 3.52. The highest BCUT2D eigenvalue weighted by atomic mass is 28.2. The summed E-state index contributed by atoms with van der Waals surface area (Å²) in [5, 5.41) is 3.33. The molecule has 1 unspecified atom stereocenters. The molecule has 3 nitrogen and oxygen atoms in total. The van der Waals surface area contributed by atoms with E-state index in [1.165, 1.54) is 0 Å². The molecule has 0 spiro atoms. The first-order valence-electron chi connectivity index (χ1n) is 4.10. The molecule has 0 bridgehead atoms. The first kappa shape index (κ1) is 14.6. The molecule has 0 aliphatic rings. The van der Waals surface area contributed by atoms with Gasteiger partial charge in [0.15, 0.2) is 0 Å². The zero-order valence-corrected chi connectivity index (χ0v) is 9.61. The standard InChI is InChI=1S/C8H18NOSi.H3N/c1-5-9-7(2)6-8(3,4)10-11;/h7,9H,5-6H2,1-4H3;1H3. The van der Waals surface area contributed by atoms with E-state index in [0.717, 1.165) is 13.0 Å². The average Bonchev–Trinajstić information content (AvgIpc) is 1.87. The number of hydrogen-bond donors (Lipinski definition) is 2. The van der Waals surface area contributed by atoms with Gasteiger partial charge in [0.25, 0.3) is 0 Å². The Morgan fingerprint density at radius 1 is 1.50 bits per heavy atom. The minimum atomic E-state index is -0.0848. The van der Waals surface area contributed by atoms with Crippen LogP contribution < -0.4 is 11.5 Å². The van der Waals surface area contributed by atoms with Crippen LogP contribution in [0.5, 0.6) is 0 Å². The second-order valence-corrected chi connectivity index (χ2v) is 3.73. The van der Waals surface area contributed by atoms with Crippen LogP contribution in [-0.4, -0.2) is 28.7 Å². The highest BCUT2D eigenvalue weighted by Crippen LogP contribution is 2.14. The van der Waals surface area contributed by atoms with Crippen molar-refractivity contribution in [1.29, 1.82) is 0 Å². The maximum absolute atomic E-state index is 5.12. The van der Waals surface area contributed by atoms with Gasteiger partial charge in [0.2, 0.25) is 10.5 Å². The summed E-state index contributed by atoms with van der Waals surface area (Å²) >= 11 is 0. The first-order valence-corrected chi connectivity index (χ1v) is 4.50. The van der Waals surface area contributed by atoms with Gasteiger partial charge in [0.05, 0.1) is 5.60 Å². The topological polar surface area (TPSA) is 56.3 Å². The molecule has 1 atom stereocenters. The van der Waals surface area contributed by atoms with Gasteiger partial charge in [-0.05, 0) is 33.7 Å². The summed E-state index contributed by atoms with van der Waals surface area (Å²) in [5.74, 6) is 0. The van der Waals surface area contributed by atoms with Crippen molar-refractivity contribution >= 4 is 10.5 Å². The van der Waals surface area contributed by atoms with Gasteiger partial charge in [-0.15, -0.1) is 0 Å². The molecule has 0 amide bonds. The molecule has 0 saturated carbocycles. The van der Waals surface area contributed by atoms with Crippen molar-refractivity contribution in [2.24, 2.45) is 0 Å². The Kier molecular flexibility index (Phi) is 8.03. The fourth-order valence-corrected chi connectivity index (χ4v) is 1.28. The summed E-state index contributed by atoms with van der Waals surface area (Å²) in [4.78, 5) is 0. The van der Waals surface area contributed by atoms with E-state index in [2.05, 4.69) is 43.5 Å². The van der Waals surface area contributed by atoms with Gasteiger partial charge in [0.1, 0.15) is 0 Å². The third-order valence-electron chi connectivity index (χ3n) is 1.63. The number of hydrogen-bond acceptors (Lipinski definition) is 3. The fourth-order valence-electron chi connectivity index (χ4n) is 1.20. The largest absolute Gasteiger partial charge is 0.414 e. The van der Waals surface area contributed by atoms with Gasteiger partial charge >= 0.3 is 0 Å². The van der Waals surface area contributed by atoms with Crippen LogP contribution in [0.2, 0.25) is 0 Å². The predicted octanol–water partition coefficient (Wildman–Crippen LogP) is 1.42. The molecule has 0 heterocycles. The first-order chi connectivity index (χ1) is 5.02. The van der Waals surface area contributed by atoms with Crippen LogP contribution in [0.4, 0.5) is 0 Å². The molecule has 4 N–H and O–H groups in total. The molecule has 0 rings (SSSR count). The highest BCUT2D eigenvalue weighted by molar-refractivity contribution is 5.98. The molecule has 0 aliphatic heterocycles. The molecule has 3 radical (unpaired) electrons. The van der Waals surface area contributed by atoms with Crippen molar-refractivity contribution in [3.63, 3.8) is 0 Å². The zero-order valence-electron chi connectivity index (χ0n) is 8.61. The Hall–Kier alpha value is 0.0969. The van der Waals surface area contributed by atoms with Crippen LogP contribution in [0.1, 0.15) is 34.1 Å². The van der Waals surface area contributed by atoms with Gasteiger partial charge in [-0.3, -0.25) is 0 Å². The van der Waals surface area contributed by atoms with Crippen LogP contribution in [0, 0.1) is 0 Å². The molecular formula is C8H21N2OSi. The molecule has 4 heteroatoms. The fraction of sp³-hybridized carbons (Fsp3) is 1.00. The number of nitrogens with one attached hydrogen (secondary N) is 1. The van der Waals surface area contributed by atoms with Crippen molar-refractivity contribution in [3.8, 4) is 0 Å². The maximum Gasteiger partial charge on any atom is 0.246 e. The lowest BCUT2D eigenvalue weighted by Crippen LogP contribution is -2.35. The molecule has 0 aromatic carbocycles. The minimum absolute atomic E-state index is 0. The molecule has 0 aromatic rings. The van der Waals surface area contributed by atoms with E-state index >= 15 is 0 Å². The van der Waals surface area contributed by atoms with Gasteiger partial charge < -0.3 is 15.9 Å². The molecule has 0 fully saturated rings. The third kappa shape index (κ3) is 6.79. The average molecular weight is 189 g/mol. The third-order valence-corrected chi connectivity index (χ3v) is 2.18. The van der Waals surface area contributed by atoms with Crippen LogP contribution >= 0.6 is 0 Å². The molecule has 73 valence electrons. The van der Waals surface area contributed by atoms with Crippen molar-refractivity contribution < 1.29 is 4.43 Å². The van der Waals surface area contributed by atoms with Gasteiger partial charge in [-0.2, -0.15) is 0 Å². The Balaban J connectivity index is 0. The Labute approximate surface area is 79.4 Å². The van der Waals surface area contributed by atoms with E-state index < -0.39 is 0 Å². The normalized spacial score (nSPS) is 13.8. The van der Waals surface area contributed by atoms with Crippen LogP contribution in [-0.2, 0) is 4.43 Å². The smallest absolute Gasteiger partial charge is 0.246 e. The summed E-state index contributed by atoms with van der Waals surface area (Å²) in [7, 11) is 3.07. The van der Waals surface area contributed by atoms with E-state index in [0.29, 0.717) is 6.04 Å². The summed E-state index contributed by atoms with van der Waals surface area (Å²) in [6.45, 7) is 9.41. The molecule has 0 aliphatic carbocycles. The van der Waals surface area contributed by atoms with E-state index in [-0.39, 0.29) is 11.8 Å². The Morgan fingerprint density at radius 2 is 2.00 bits per heavy atom. The summed E-state index contributed by atoms with van der Waals surface area (Å²) in [6.07, 6.45) is 1.00. The van der Waals surface area contributed by atoms with E-state index in [1.807, 2.05) is 0 Å². The molecular weight excluding hydrogens is 168 g/mol. The van der Waals surface area contributed by atoms with E-state index in [4.69, 9.17) is 4.43 Å². The summed E-state index contributed by atoms with van der Waals surface area (Å²) < 4.78 is 5.12. The van der Waals surface area contributed by atoms with Crippen LogP contribution in [0.15, 0.2) is 0 Å². The van der Waals surface area contributed by atoms with Gasteiger partial charge in [-0.25, -0.2) is 0 Å². The van der Waals surface area contributed by atoms with Gasteiger partial charge in [0, 0.05) is 6.04 Å². The maximum atomic E-state index is 5.12. The second kappa shape index (κ2) is 6.60. The molecule has 12 heavy (non-hydrogen) atoms. The lowest BCUT2D eigenvalue weighted by Gasteiger charge is -2.27. The monoisotopic (exact) mass is 189 g/mol. The highest BCUT2D eigenvalue weighted by Gasteiger charge is 2.18. The number of rotatable bonds is 5. The SMILES string of the molecule is CCNC(C)CC(C)(C)O[Si].N. The lowest BCUT2D eigenvalue weighted by molar-refractivity contribution is 0.101. The van der Waals surface area contributed by atoms with E-state index in [9.17, 15) is 0 Å². The summed E-state index contributed by atoms with van der Waals surface area (Å²) in [5.41, 5.74) is -0.0848. The van der Waals surface area contributed by atoms with Crippen LogP contribution in [0.3, 0.4) is 0 Å². The Morgan fingerprint density at radius 3 is 2.33 bits per heavy atom. The zero-order chi connectivity index (χ0) is 8.91. The summed E-state index contributed by atoms with van der Waals surface area (Å²) in [6, 6.07) is 0.506. The minimum Gasteiger partial charge on any atom is -0.414 e. The lowest BCUT2D eigenvalue weighted by atomic mass is 10.0. The molecule has 0 aromatic heterocycles. The quantitative estimate of drug-likeness (QED) is 0.643. The van der Waals surface area contributed by atoms with Gasteiger partial charge in [-0.1, -0.05) is 6.92 Å². The Bertz CT molecular complexity index is 109. The van der Waals surface area contributed by atoms with Crippen molar-refractivity contribution in [1.82, 2.24) is 11.5 Å². The predicted molar refractivity (Wildman–Crippen MR) is 53.7 cm³/mol. The van der Waals surface area contributed by atoms with Crippen molar-refractivity contribution in [2.45, 2.75) is 45.8 Å². The van der Waals surface area contributed by atoms with E-state index in [1.54, 1.807) is 0 Å². The molecule has 0 saturated heterocycles. The van der Waals surface area contributed by atoms with Crippen molar-refractivity contribution in [2.75, 3.05) is 6.54 Å².